The van der Waals surface area contributed by atoms with Crippen LogP contribution in [0.5, 0.6) is 0 Å². The van der Waals surface area contributed by atoms with Gasteiger partial charge in [-0.3, -0.25) is 0 Å². The minimum atomic E-state index is -1.44. The summed E-state index contributed by atoms with van der Waals surface area (Å²) in [5.74, 6) is 0.609. The second kappa shape index (κ2) is 5.81. The van der Waals surface area contributed by atoms with Crippen molar-refractivity contribution in [1.82, 2.24) is 9.97 Å². The van der Waals surface area contributed by atoms with Gasteiger partial charge < -0.3 is 10.0 Å². The molecule has 6 heteroatoms. The molecule has 0 aliphatic rings. The Kier molecular flexibility index (Phi) is 4.14. The Bertz CT molecular complexity index is 482. The smallest absolute Gasteiger partial charge is 0.423 e. The van der Waals surface area contributed by atoms with Crippen LogP contribution in [0.25, 0.3) is 0 Å². The molecule has 0 amide bonds. The van der Waals surface area contributed by atoms with Crippen LogP contribution in [-0.2, 0) is 5.75 Å². The van der Waals surface area contributed by atoms with Crippen LogP contribution in [0.1, 0.15) is 5.56 Å². The molecule has 2 rings (SSSR count). The summed E-state index contributed by atoms with van der Waals surface area (Å²) in [4.78, 5) is 8.19. The lowest BCUT2D eigenvalue weighted by atomic mass is 9.77. The first-order valence-electron chi connectivity index (χ1n) is 5.11. The lowest BCUT2D eigenvalue weighted by Crippen LogP contribution is -2.32. The van der Waals surface area contributed by atoms with Gasteiger partial charge in [0, 0.05) is 18.1 Å². The Labute approximate surface area is 104 Å². The topological polar surface area (TPSA) is 66.2 Å². The zero-order valence-corrected chi connectivity index (χ0v) is 9.84. The highest BCUT2D eigenvalue weighted by molar-refractivity contribution is 7.98. The average molecular weight is 246 g/mol. The van der Waals surface area contributed by atoms with Crippen LogP contribution < -0.4 is 5.46 Å². The van der Waals surface area contributed by atoms with Crippen LogP contribution >= 0.6 is 11.8 Å². The van der Waals surface area contributed by atoms with Crippen molar-refractivity contribution in [3.05, 3.63) is 48.3 Å². The van der Waals surface area contributed by atoms with Gasteiger partial charge in [-0.2, -0.15) is 0 Å². The van der Waals surface area contributed by atoms with Crippen molar-refractivity contribution in [2.45, 2.75) is 10.9 Å². The van der Waals surface area contributed by atoms with E-state index in [0.29, 0.717) is 16.4 Å². The van der Waals surface area contributed by atoms with Crippen molar-refractivity contribution in [2.75, 3.05) is 0 Å². The van der Waals surface area contributed by atoms with Gasteiger partial charge in [-0.25, -0.2) is 9.97 Å². The average Bonchev–Trinajstić information content (AvgIpc) is 2.38. The van der Waals surface area contributed by atoms with E-state index in [1.165, 1.54) is 11.8 Å². The first-order chi connectivity index (χ1) is 8.27. The van der Waals surface area contributed by atoms with Gasteiger partial charge in [-0.15, -0.1) is 0 Å². The zero-order valence-electron chi connectivity index (χ0n) is 9.02. The fraction of sp³-hybridized carbons (Fsp3) is 0.0909. The molecule has 0 spiro atoms. The van der Waals surface area contributed by atoms with E-state index in [4.69, 9.17) is 0 Å². The first-order valence-corrected chi connectivity index (χ1v) is 6.09. The second-order valence-corrected chi connectivity index (χ2v) is 4.34. The predicted octanol–water partition coefficient (Wildman–Crippen LogP) is 0.449. The van der Waals surface area contributed by atoms with E-state index in [1.807, 2.05) is 12.1 Å². The van der Waals surface area contributed by atoms with Crippen molar-refractivity contribution < 1.29 is 10.0 Å². The SMILES string of the molecule is OB(O)c1ccccc1CSc1ncccn1. The van der Waals surface area contributed by atoms with Gasteiger partial charge in [0.2, 0.25) is 0 Å². The Balaban J connectivity index is 2.09. The molecule has 0 fully saturated rings. The molecular weight excluding hydrogens is 235 g/mol. The molecule has 2 aromatic rings. The molecule has 0 aliphatic carbocycles. The Hall–Kier alpha value is -1.37. The molecule has 0 atom stereocenters. The molecule has 1 aromatic carbocycles. The minimum absolute atomic E-state index is 0.524. The van der Waals surface area contributed by atoms with E-state index < -0.39 is 7.12 Å². The molecule has 4 nitrogen and oxygen atoms in total. The van der Waals surface area contributed by atoms with Gasteiger partial charge in [-0.1, -0.05) is 36.0 Å². The van der Waals surface area contributed by atoms with Crippen LogP contribution in [0.2, 0.25) is 0 Å². The van der Waals surface area contributed by atoms with Gasteiger partial charge in [-0.05, 0) is 17.1 Å². The van der Waals surface area contributed by atoms with E-state index in [9.17, 15) is 10.0 Å². The highest BCUT2D eigenvalue weighted by atomic mass is 32.2. The number of nitrogens with zero attached hydrogens (tertiary/aromatic N) is 2. The summed E-state index contributed by atoms with van der Waals surface area (Å²) in [6.45, 7) is 0. The fourth-order valence-corrected chi connectivity index (χ4v) is 2.24. The molecule has 1 aromatic heterocycles. The number of rotatable bonds is 4. The van der Waals surface area contributed by atoms with E-state index in [2.05, 4.69) is 9.97 Å². The first kappa shape index (κ1) is 12.1. The molecule has 0 unspecified atom stereocenters. The number of benzene rings is 1. The van der Waals surface area contributed by atoms with Crippen LogP contribution in [0, 0.1) is 0 Å². The lowest BCUT2D eigenvalue weighted by molar-refractivity contribution is 0.425. The largest absolute Gasteiger partial charge is 0.488 e. The molecule has 0 bridgehead atoms. The lowest BCUT2D eigenvalue weighted by Gasteiger charge is -2.07. The van der Waals surface area contributed by atoms with Crippen LogP contribution in [0.3, 0.4) is 0 Å². The molecule has 0 saturated heterocycles. The molecule has 86 valence electrons. The summed E-state index contributed by atoms with van der Waals surface area (Å²) in [6, 6.07) is 8.97. The highest BCUT2D eigenvalue weighted by Crippen LogP contribution is 2.17. The summed E-state index contributed by atoms with van der Waals surface area (Å²) in [6.07, 6.45) is 3.37. The van der Waals surface area contributed by atoms with E-state index in [-0.39, 0.29) is 0 Å². The van der Waals surface area contributed by atoms with Crippen molar-refractivity contribution in [3.8, 4) is 0 Å². The number of aromatic nitrogens is 2. The molecule has 0 saturated carbocycles. The van der Waals surface area contributed by atoms with Gasteiger partial charge in [0.1, 0.15) is 0 Å². The molecule has 0 aliphatic heterocycles. The summed E-state index contributed by atoms with van der Waals surface area (Å²) in [5.41, 5.74) is 1.40. The van der Waals surface area contributed by atoms with Gasteiger partial charge in [0.05, 0.1) is 0 Å². The number of hydrogen-bond acceptors (Lipinski definition) is 5. The summed E-state index contributed by atoms with van der Waals surface area (Å²) in [5, 5.41) is 19.1. The van der Waals surface area contributed by atoms with Crippen molar-refractivity contribution in [2.24, 2.45) is 0 Å². The third kappa shape index (κ3) is 3.29. The van der Waals surface area contributed by atoms with Crippen molar-refractivity contribution >= 4 is 24.3 Å². The number of thioether (sulfide) groups is 1. The molecule has 2 N–H and O–H groups in total. The van der Waals surface area contributed by atoms with E-state index >= 15 is 0 Å². The fourth-order valence-electron chi connectivity index (χ4n) is 1.42. The third-order valence-electron chi connectivity index (χ3n) is 2.23. The minimum Gasteiger partial charge on any atom is -0.423 e. The molecule has 17 heavy (non-hydrogen) atoms. The Morgan fingerprint density at radius 2 is 1.76 bits per heavy atom. The maximum Gasteiger partial charge on any atom is 0.488 e. The van der Waals surface area contributed by atoms with Crippen LogP contribution in [-0.4, -0.2) is 27.1 Å². The van der Waals surface area contributed by atoms with Gasteiger partial charge in [0.25, 0.3) is 0 Å². The van der Waals surface area contributed by atoms with Crippen molar-refractivity contribution in [3.63, 3.8) is 0 Å². The summed E-state index contributed by atoms with van der Waals surface area (Å²) in [7, 11) is -1.44. The Morgan fingerprint density at radius 3 is 2.47 bits per heavy atom. The predicted molar refractivity (Wildman–Crippen MR) is 67.9 cm³/mol. The quantitative estimate of drug-likeness (QED) is 0.465. The van der Waals surface area contributed by atoms with E-state index in [1.54, 1.807) is 30.6 Å². The highest BCUT2D eigenvalue weighted by Gasteiger charge is 2.15. The van der Waals surface area contributed by atoms with Gasteiger partial charge >= 0.3 is 7.12 Å². The molecular formula is C11H11BN2O2S. The summed E-state index contributed by atoms with van der Waals surface area (Å²) >= 11 is 1.46. The maximum atomic E-state index is 9.22. The third-order valence-corrected chi connectivity index (χ3v) is 3.16. The van der Waals surface area contributed by atoms with Crippen LogP contribution in [0.4, 0.5) is 0 Å². The monoisotopic (exact) mass is 246 g/mol. The summed E-state index contributed by atoms with van der Waals surface area (Å²) < 4.78 is 0. The zero-order chi connectivity index (χ0) is 12.1. The van der Waals surface area contributed by atoms with Crippen molar-refractivity contribution in [1.29, 1.82) is 0 Å². The standard InChI is InChI=1S/C11H11BN2O2S/c15-12(16)10-5-2-1-4-9(10)8-17-11-13-6-3-7-14-11/h1-7,15-16H,8H2. The van der Waals surface area contributed by atoms with Crippen LogP contribution in [0.15, 0.2) is 47.9 Å². The molecule has 1 heterocycles. The normalized spacial score (nSPS) is 10.2. The maximum absolute atomic E-state index is 9.22. The Morgan fingerprint density at radius 1 is 1.06 bits per heavy atom. The van der Waals surface area contributed by atoms with Gasteiger partial charge in [0.15, 0.2) is 5.16 Å². The number of hydrogen-bond donors (Lipinski definition) is 2. The second-order valence-electron chi connectivity index (χ2n) is 3.39. The molecule has 0 radical (unpaired) electrons. The van der Waals surface area contributed by atoms with E-state index in [0.717, 1.165) is 5.56 Å².